The number of aromatic nitrogens is 3. The predicted molar refractivity (Wildman–Crippen MR) is 114 cm³/mol. The molecule has 0 bridgehead atoms. The van der Waals surface area contributed by atoms with E-state index in [1.165, 1.54) is 11.2 Å². The maximum atomic E-state index is 13.6. The van der Waals surface area contributed by atoms with Crippen LogP contribution in [0.5, 0.6) is 0 Å². The number of rotatable bonds is 5. The number of pyridine rings is 1. The van der Waals surface area contributed by atoms with Gasteiger partial charge in [-0.25, -0.2) is 18.3 Å². The number of carbonyl (C=O) groups excluding carboxylic acids is 2. The molecule has 32 heavy (non-hydrogen) atoms. The molecule has 2 unspecified atom stereocenters. The molecule has 2 atom stereocenters. The Bertz CT molecular complexity index is 986. The number of amides is 2. The van der Waals surface area contributed by atoms with E-state index in [1.54, 1.807) is 18.6 Å². The zero-order valence-corrected chi connectivity index (χ0v) is 18.5. The zero-order valence-electron chi connectivity index (χ0n) is 18.5. The third-order valence-electron chi connectivity index (χ3n) is 6.93. The molecule has 2 N–H and O–H groups in total. The quantitative estimate of drug-likeness (QED) is 0.754. The molecule has 0 spiro atoms. The fourth-order valence-corrected chi connectivity index (χ4v) is 5.12. The van der Waals surface area contributed by atoms with E-state index in [2.05, 4.69) is 16.1 Å². The van der Waals surface area contributed by atoms with Crippen molar-refractivity contribution >= 4 is 17.5 Å². The normalized spacial score (nSPS) is 25.0. The van der Waals surface area contributed by atoms with Crippen LogP contribution in [0.2, 0.25) is 0 Å². The Morgan fingerprint density at radius 3 is 2.56 bits per heavy atom. The van der Waals surface area contributed by atoms with Gasteiger partial charge in [-0.2, -0.15) is 5.10 Å². The van der Waals surface area contributed by atoms with Crippen molar-refractivity contribution in [1.82, 2.24) is 24.4 Å². The summed E-state index contributed by atoms with van der Waals surface area (Å²) in [5.74, 6) is -4.13. The molecule has 1 aliphatic carbocycles. The Morgan fingerprint density at radius 2 is 1.94 bits per heavy atom. The third-order valence-corrected chi connectivity index (χ3v) is 6.93. The van der Waals surface area contributed by atoms with Crippen molar-refractivity contribution in [3.63, 3.8) is 0 Å². The minimum Gasteiger partial charge on any atom is -0.349 e. The molecule has 2 aliphatic rings. The Morgan fingerprint density at radius 1 is 1.22 bits per heavy atom. The van der Waals surface area contributed by atoms with Gasteiger partial charge in [-0.05, 0) is 49.1 Å². The summed E-state index contributed by atoms with van der Waals surface area (Å²) in [5.41, 5.74) is 8.24. The number of carbonyl (C=O) groups is 2. The molecule has 2 fully saturated rings. The average Bonchev–Trinajstić information content (AvgIpc) is 3.38. The maximum Gasteiger partial charge on any atom is 0.267 e. The van der Waals surface area contributed by atoms with Crippen molar-refractivity contribution in [2.45, 2.75) is 50.0 Å². The van der Waals surface area contributed by atoms with Crippen LogP contribution in [0.15, 0.2) is 24.7 Å². The van der Waals surface area contributed by atoms with E-state index in [0.717, 1.165) is 41.8 Å². The second kappa shape index (κ2) is 8.73. The van der Waals surface area contributed by atoms with Crippen LogP contribution < -0.4 is 5.73 Å². The van der Waals surface area contributed by atoms with Crippen LogP contribution in [-0.2, 0) is 9.59 Å². The number of likely N-dealkylation sites (tertiary alicyclic amines) is 1. The Hall–Kier alpha value is -2.62. The van der Waals surface area contributed by atoms with Crippen molar-refractivity contribution < 1.29 is 18.4 Å². The largest absolute Gasteiger partial charge is 0.349 e. The molecule has 10 heteroatoms. The van der Waals surface area contributed by atoms with Gasteiger partial charge in [0.15, 0.2) is 5.65 Å². The lowest BCUT2D eigenvalue weighted by Gasteiger charge is -2.37. The van der Waals surface area contributed by atoms with Crippen molar-refractivity contribution in [1.29, 1.82) is 0 Å². The van der Waals surface area contributed by atoms with Gasteiger partial charge >= 0.3 is 0 Å². The number of hydrogen-bond donors (Lipinski definition) is 1. The van der Waals surface area contributed by atoms with Gasteiger partial charge in [0.2, 0.25) is 11.8 Å². The second-order valence-corrected chi connectivity index (χ2v) is 9.29. The van der Waals surface area contributed by atoms with Crippen molar-refractivity contribution in [3.05, 3.63) is 30.2 Å². The Labute approximate surface area is 185 Å². The van der Waals surface area contributed by atoms with Crippen LogP contribution in [0, 0.1) is 11.8 Å². The molecule has 4 rings (SSSR count). The number of fused-ring (bicyclic) bond motifs is 1. The van der Waals surface area contributed by atoms with Crippen LogP contribution in [0.25, 0.3) is 5.65 Å². The van der Waals surface area contributed by atoms with Crippen LogP contribution >= 0.6 is 0 Å². The molecule has 2 amide bonds. The first kappa shape index (κ1) is 22.6. The van der Waals surface area contributed by atoms with E-state index in [4.69, 9.17) is 5.73 Å². The number of alkyl halides is 2. The number of nitrogens with zero attached hydrogens (tertiary/aromatic N) is 5. The van der Waals surface area contributed by atoms with Crippen molar-refractivity contribution in [2.75, 3.05) is 27.2 Å². The van der Waals surface area contributed by atoms with E-state index in [0.29, 0.717) is 5.92 Å². The molecule has 1 saturated carbocycles. The summed E-state index contributed by atoms with van der Waals surface area (Å²) >= 11 is 0. The first-order chi connectivity index (χ1) is 15.2. The lowest BCUT2D eigenvalue weighted by molar-refractivity contribution is -0.144. The Balaban J connectivity index is 1.46. The van der Waals surface area contributed by atoms with Crippen LogP contribution in [0.1, 0.15) is 43.6 Å². The average molecular weight is 449 g/mol. The van der Waals surface area contributed by atoms with Gasteiger partial charge in [0, 0.05) is 33.3 Å². The molecule has 2 aromatic heterocycles. The van der Waals surface area contributed by atoms with Gasteiger partial charge in [-0.1, -0.05) is 6.07 Å². The topological polar surface area (TPSA) is 96.8 Å². The number of nitrogens with two attached hydrogens (primary N) is 1. The third kappa shape index (κ3) is 4.46. The van der Waals surface area contributed by atoms with Crippen molar-refractivity contribution in [2.24, 2.45) is 17.6 Å². The van der Waals surface area contributed by atoms with Gasteiger partial charge in [0.05, 0.1) is 18.5 Å². The zero-order chi connectivity index (χ0) is 23.0. The smallest absolute Gasteiger partial charge is 0.267 e. The highest BCUT2D eigenvalue weighted by atomic mass is 19.3. The van der Waals surface area contributed by atoms with E-state index < -0.39 is 30.3 Å². The highest BCUT2D eigenvalue weighted by Crippen LogP contribution is 2.40. The molecular weight excluding hydrogens is 418 g/mol. The fourth-order valence-electron chi connectivity index (χ4n) is 5.12. The SMILES string of the molecule is CN(C)C(=O)C(C(N)C(=O)N1CCC(F)(F)C1)[C@H]1CC[C@H](c2ccc3ncnn3c2)CC1. The summed E-state index contributed by atoms with van der Waals surface area (Å²) in [6.45, 7) is -0.653. The summed E-state index contributed by atoms with van der Waals surface area (Å²) in [4.78, 5) is 32.6. The summed E-state index contributed by atoms with van der Waals surface area (Å²) < 4.78 is 29.0. The minimum absolute atomic E-state index is 0.0279. The van der Waals surface area contributed by atoms with Crippen LogP contribution in [-0.4, -0.2) is 75.4 Å². The van der Waals surface area contributed by atoms with Crippen LogP contribution in [0.4, 0.5) is 8.78 Å². The maximum absolute atomic E-state index is 13.6. The first-order valence-electron chi connectivity index (χ1n) is 11.1. The second-order valence-electron chi connectivity index (χ2n) is 9.29. The molecule has 0 radical (unpaired) electrons. The highest BCUT2D eigenvalue weighted by Gasteiger charge is 2.46. The summed E-state index contributed by atoms with van der Waals surface area (Å²) in [5, 5.41) is 4.19. The van der Waals surface area contributed by atoms with E-state index in [1.807, 2.05) is 12.3 Å². The molecule has 174 valence electrons. The summed E-state index contributed by atoms with van der Waals surface area (Å²) in [6.07, 6.45) is 6.32. The van der Waals surface area contributed by atoms with E-state index in [-0.39, 0.29) is 24.8 Å². The molecule has 2 aromatic rings. The monoisotopic (exact) mass is 448 g/mol. The molecule has 0 aromatic carbocycles. The lowest BCUT2D eigenvalue weighted by Crippen LogP contribution is -2.54. The van der Waals surface area contributed by atoms with Crippen molar-refractivity contribution in [3.8, 4) is 0 Å². The highest BCUT2D eigenvalue weighted by molar-refractivity contribution is 5.90. The first-order valence-corrected chi connectivity index (χ1v) is 11.1. The van der Waals surface area contributed by atoms with E-state index >= 15 is 0 Å². The molecular formula is C22H30F2N6O2. The summed E-state index contributed by atoms with van der Waals surface area (Å²) in [6, 6.07) is 2.87. The van der Waals surface area contributed by atoms with E-state index in [9.17, 15) is 18.4 Å². The number of hydrogen-bond acceptors (Lipinski definition) is 5. The van der Waals surface area contributed by atoms with Gasteiger partial charge in [-0.3, -0.25) is 9.59 Å². The minimum atomic E-state index is -2.89. The number of halogens is 2. The molecule has 1 aliphatic heterocycles. The van der Waals surface area contributed by atoms with Gasteiger partial charge in [0.25, 0.3) is 5.92 Å². The molecule has 1 saturated heterocycles. The predicted octanol–water partition coefficient (Wildman–Crippen LogP) is 1.90. The lowest BCUT2D eigenvalue weighted by atomic mass is 9.71. The van der Waals surface area contributed by atoms with Gasteiger partial charge < -0.3 is 15.5 Å². The van der Waals surface area contributed by atoms with Gasteiger partial charge in [0.1, 0.15) is 6.33 Å². The molecule has 8 nitrogen and oxygen atoms in total. The standard InChI is InChI=1S/C22H30F2N6O2/c1-28(2)20(31)18(19(25)21(32)29-10-9-22(23,24)12-29)15-5-3-14(4-6-15)16-7-8-17-26-13-27-30(17)11-16/h7-8,11,13-15,18-19H,3-6,9-10,12,25H2,1-2H3/t14-,15-,18?,19?. The Kier molecular flexibility index (Phi) is 6.15. The fraction of sp³-hybridized carbons (Fsp3) is 0.636. The molecule has 3 heterocycles. The van der Waals surface area contributed by atoms with Gasteiger partial charge in [-0.15, -0.1) is 0 Å². The van der Waals surface area contributed by atoms with Crippen LogP contribution in [0.3, 0.4) is 0 Å². The summed E-state index contributed by atoms with van der Waals surface area (Å²) in [7, 11) is 3.27.